The number of aromatic nitrogens is 3. The number of aryl methyl sites for hydroxylation is 1. The standard InChI is InChI=1S/C12H14N4/c1-9-4-5-13-8-11(9)15-12-14-6-7-16(12)10-2-3-10/h4-8,10H,2-3H2,1H3,(H,14,15). The van der Waals surface area contributed by atoms with Crippen LogP contribution in [-0.4, -0.2) is 14.5 Å². The number of imidazole rings is 1. The Balaban J connectivity index is 1.88. The molecule has 0 bridgehead atoms. The quantitative estimate of drug-likeness (QED) is 0.854. The lowest BCUT2D eigenvalue weighted by Crippen LogP contribution is -2.02. The van der Waals surface area contributed by atoms with Crippen LogP contribution in [0.1, 0.15) is 24.4 Å². The molecule has 0 aromatic carbocycles. The fourth-order valence-electron chi connectivity index (χ4n) is 1.77. The Morgan fingerprint density at radius 2 is 2.25 bits per heavy atom. The zero-order valence-corrected chi connectivity index (χ0v) is 9.22. The number of pyridine rings is 1. The molecular weight excluding hydrogens is 200 g/mol. The highest BCUT2D eigenvalue weighted by atomic mass is 15.2. The molecule has 16 heavy (non-hydrogen) atoms. The van der Waals surface area contributed by atoms with Crippen molar-refractivity contribution in [2.45, 2.75) is 25.8 Å². The molecule has 0 radical (unpaired) electrons. The summed E-state index contributed by atoms with van der Waals surface area (Å²) in [5.74, 6) is 0.915. The van der Waals surface area contributed by atoms with Gasteiger partial charge in [0.25, 0.3) is 0 Å². The van der Waals surface area contributed by atoms with Crippen molar-refractivity contribution in [2.75, 3.05) is 5.32 Å². The zero-order valence-electron chi connectivity index (χ0n) is 9.22. The summed E-state index contributed by atoms with van der Waals surface area (Å²) < 4.78 is 2.20. The van der Waals surface area contributed by atoms with E-state index >= 15 is 0 Å². The maximum absolute atomic E-state index is 4.34. The zero-order chi connectivity index (χ0) is 11.0. The van der Waals surface area contributed by atoms with E-state index in [1.165, 1.54) is 18.4 Å². The molecule has 0 aliphatic heterocycles. The summed E-state index contributed by atoms with van der Waals surface area (Å²) in [4.78, 5) is 8.45. The lowest BCUT2D eigenvalue weighted by atomic mass is 10.2. The highest BCUT2D eigenvalue weighted by Crippen LogP contribution is 2.37. The van der Waals surface area contributed by atoms with Crippen LogP contribution in [0.5, 0.6) is 0 Å². The number of nitrogens with zero attached hydrogens (tertiary/aromatic N) is 3. The Morgan fingerprint density at radius 1 is 1.38 bits per heavy atom. The molecule has 3 rings (SSSR count). The second kappa shape index (κ2) is 3.63. The first-order chi connectivity index (χ1) is 7.84. The van der Waals surface area contributed by atoms with Crippen molar-refractivity contribution < 1.29 is 0 Å². The summed E-state index contributed by atoms with van der Waals surface area (Å²) in [6, 6.07) is 2.63. The van der Waals surface area contributed by atoms with Crippen molar-refractivity contribution in [1.82, 2.24) is 14.5 Å². The minimum atomic E-state index is 0.641. The van der Waals surface area contributed by atoms with Gasteiger partial charge >= 0.3 is 0 Å². The van der Waals surface area contributed by atoms with E-state index in [1.807, 2.05) is 24.7 Å². The van der Waals surface area contributed by atoms with Gasteiger partial charge in [0, 0.05) is 24.6 Å². The first kappa shape index (κ1) is 9.39. The third-order valence-electron chi connectivity index (χ3n) is 2.89. The Kier molecular flexibility index (Phi) is 2.13. The molecule has 2 aromatic rings. The van der Waals surface area contributed by atoms with Crippen molar-refractivity contribution >= 4 is 11.6 Å². The monoisotopic (exact) mass is 214 g/mol. The molecule has 2 aromatic heterocycles. The van der Waals surface area contributed by atoms with Gasteiger partial charge in [0.15, 0.2) is 0 Å². The summed E-state index contributed by atoms with van der Waals surface area (Å²) >= 11 is 0. The molecule has 2 heterocycles. The summed E-state index contributed by atoms with van der Waals surface area (Å²) in [5.41, 5.74) is 2.20. The second-order valence-corrected chi connectivity index (χ2v) is 4.20. The SMILES string of the molecule is Cc1ccncc1Nc1nccn1C1CC1. The maximum atomic E-state index is 4.34. The van der Waals surface area contributed by atoms with Gasteiger partial charge in [0.05, 0.1) is 11.9 Å². The van der Waals surface area contributed by atoms with Crippen LogP contribution in [0.2, 0.25) is 0 Å². The maximum Gasteiger partial charge on any atom is 0.207 e. The topological polar surface area (TPSA) is 42.7 Å². The molecule has 4 heteroatoms. The predicted octanol–water partition coefficient (Wildman–Crippen LogP) is 2.67. The minimum absolute atomic E-state index is 0.641. The van der Waals surface area contributed by atoms with Crippen LogP contribution in [0.4, 0.5) is 11.6 Å². The van der Waals surface area contributed by atoms with Gasteiger partial charge in [-0.1, -0.05) is 0 Å². The fraction of sp³-hybridized carbons (Fsp3) is 0.333. The van der Waals surface area contributed by atoms with E-state index < -0.39 is 0 Å². The van der Waals surface area contributed by atoms with Gasteiger partial charge in [-0.05, 0) is 31.4 Å². The molecular formula is C12H14N4. The lowest BCUT2D eigenvalue weighted by Gasteiger charge is -2.10. The predicted molar refractivity (Wildman–Crippen MR) is 62.8 cm³/mol. The average molecular weight is 214 g/mol. The highest BCUT2D eigenvalue weighted by molar-refractivity contribution is 5.56. The van der Waals surface area contributed by atoms with E-state index in [-0.39, 0.29) is 0 Å². The van der Waals surface area contributed by atoms with Crippen molar-refractivity contribution in [2.24, 2.45) is 0 Å². The first-order valence-corrected chi connectivity index (χ1v) is 5.55. The third-order valence-corrected chi connectivity index (χ3v) is 2.89. The van der Waals surface area contributed by atoms with Crippen LogP contribution in [0, 0.1) is 6.92 Å². The molecule has 82 valence electrons. The van der Waals surface area contributed by atoms with E-state index in [0.29, 0.717) is 6.04 Å². The molecule has 0 unspecified atom stereocenters. The molecule has 1 aliphatic carbocycles. The molecule has 4 nitrogen and oxygen atoms in total. The highest BCUT2D eigenvalue weighted by Gasteiger charge is 2.25. The van der Waals surface area contributed by atoms with Crippen molar-refractivity contribution in [3.05, 3.63) is 36.4 Å². The molecule has 1 saturated carbocycles. The minimum Gasteiger partial charge on any atom is -0.324 e. The van der Waals surface area contributed by atoms with Crippen LogP contribution < -0.4 is 5.32 Å². The molecule has 1 N–H and O–H groups in total. The molecule has 1 aliphatic rings. The Labute approximate surface area is 94.4 Å². The number of rotatable bonds is 3. The Morgan fingerprint density at radius 3 is 3.00 bits per heavy atom. The second-order valence-electron chi connectivity index (χ2n) is 4.20. The Hall–Kier alpha value is -1.84. The first-order valence-electron chi connectivity index (χ1n) is 5.55. The van der Waals surface area contributed by atoms with Crippen LogP contribution in [0.25, 0.3) is 0 Å². The smallest absolute Gasteiger partial charge is 0.207 e. The molecule has 0 amide bonds. The molecule has 1 fully saturated rings. The molecule has 0 spiro atoms. The van der Waals surface area contributed by atoms with Crippen LogP contribution in [-0.2, 0) is 0 Å². The summed E-state index contributed by atoms with van der Waals surface area (Å²) in [6.07, 6.45) is 10.0. The van der Waals surface area contributed by atoms with Gasteiger partial charge in [-0.25, -0.2) is 4.98 Å². The van der Waals surface area contributed by atoms with Gasteiger partial charge in [0.2, 0.25) is 5.95 Å². The summed E-state index contributed by atoms with van der Waals surface area (Å²) in [5, 5.41) is 3.33. The normalized spacial score (nSPS) is 15.1. The molecule has 0 saturated heterocycles. The van der Waals surface area contributed by atoms with E-state index in [1.54, 1.807) is 6.20 Å². The largest absolute Gasteiger partial charge is 0.324 e. The lowest BCUT2D eigenvalue weighted by molar-refractivity contribution is 0.751. The van der Waals surface area contributed by atoms with E-state index in [0.717, 1.165) is 11.6 Å². The van der Waals surface area contributed by atoms with Crippen molar-refractivity contribution in [1.29, 1.82) is 0 Å². The third kappa shape index (κ3) is 1.66. The van der Waals surface area contributed by atoms with Crippen LogP contribution in [0.15, 0.2) is 30.9 Å². The average Bonchev–Trinajstić information content (AvgIpc) is 3.03. The van der Waals surface area contributed by atoms with E-state index in [9.17, 15) is 0 Å². The van der Waals surface area contributed by atoms with Gasteiger partial charge in [-0.2, -0.15) is 0 Å². The van der Waals surface area contributed by atoms with Gasteiger partial charge in [-0.3, -0.25) is 4.98 Å². The van der Waals surface area contributed by atoms with Crippen molar-refractivity contribution in [3.8, 4) is 0 Å². The van der Waals surface area contributed by atoms with Crippen molar-refractivity contribution in [3.63, 3.8) is 0 Å². The van der Waals surface area contributed by atoms with Crippen LogP contribution in [0.3, 0.4) is 0 Å². The summed E-state index contributed by atoms with van der Waals surface area (Å²) in [7, 11) is 0. The molecule has 0 atom stereocenters. The van der Waals surface area contributed by atoms with Gasteiger partial charge < -0.3 is 9.88 Å². The van der Waals surface area contributed by atoms with Gasteiger partial charge in [-0.15, -0.1) is 0 Å². The van der Waals surface area contributed by atoms with E-state index in [4.69, 9.17) is 0 Å². The number of nitrogens with one attached hydrogen (secondary N) is 1. The van der Waals surface area contributed by atoms with Crippen LogP contribution >= 0.6 is 0 Å². The fourth-order valence-corrected chi connectivity index (χ4v) is 1.77. The Bertz CT molecular complexity index is 499. The number of hydrogen-bond donors (Lipinski definition) is 1. The number of anilines is 2. The summed E-state index contributed by atoms with van der Waals surface area (Å²) in [6.45, 7) is 2.06. The van der Waals surface area contributed by atoms with Gasteiger partial charge in [0.1, 0.15) is 0 Å². The number of hydrogen-bond acceptors (Lipinski definition) is 3. The van der Waals surface area contributed by atoms with E-state index in [2.05, 4.69) is 26.8 Å².